The fourth-order valence-electron chi connectivity index (χ4n) is 1.77. The summed E-state index contributed by atoms with van der Waals surface area (Å²) in [6.45, 7) is 1.79. The van der Waals surface area contributed by atoms with Gasteiger partial charge in [-0.15, -0.1) is 11.3 Å². The molecule has 112 valence electrons. The normalized spacial score (nSPS) is 14.3. The first kappa shape index (κ1) is 16.9. The second-order valence-electron chi connectivity index (χ2n) is 4.68. The van der Waals surface area contributed by atoms with Crippen LogP contribution in [-0.4, -0.2) is 34.9 Å². The topological polar surface area (TPSA) is 69.6 Å². The van der Waals surface area contributed by atoms with Crippen molar-refractivity contribution in [1.29, 1.82) is 0 Å². The van der Waals surface area contributed by atoms with Gasteiger partial charge in [-0.3, -0.25) is 4.79 Å². The average Bonchev–Trinajstić information content (AvgIpc) is 2.95. The number of rotatable bonds is 9. The molecule has 0 fully saturated rings. The Morgan fingerprint density at radius 1 is 1.50 bits per heavy atom. The fourth-order valence-corrected chi connectivity index (χ4v) is 2.40. The van der Waals surface area contributed by atoms with Crippen molar-refractivity contribution in [2.45, 2.75) is 44.8 Å². The Kier molecular flexibility index (Phi) is 8.18. The number of amides is 1. The summed E-state index contributed by atoms with van der Waals surface area (Å²) in [5.74, 6) is -0.124. The van der Waals surface area contributed by atoms with Crippen LogP contribution in [0.3, 0.4) is 0 Å². The molecule has 20 heavy (non-hydrogen) atoms. The Bertz CT molecular complexity index is 403. The van der Waals surface area contributed by atoms with Crippen molar-refractivity contribution < 1.29 is 15.0 Å². The Hall–Kier alpha value is -1.17. The monoisotopic (exact) mass is 297 g/mol. The minimum Gasteiger partial charge on any atom is -0.394 e. The van der Waals surface area contributed by atoms with Crippen LogP contribution in [0, 0.1) is 0 Å². The number of nitrogens with one attached hydrogen (secondary N) is 1. The van der Waals surface area contributed by atoms with E-state index in [1.54, 1.807) is 23.5 Å². The van der Waals surface area contributed by atoms with E-state index in [0.29, 0.717) is 6.42 Å². The number of hydrogen-bond donors (Lipinski definition) is 3. The van der Waals surface area contributed by atoms with Gasteiger partial charge in [-0.25, -0.2) is 0 Å². The van der Waals surface area contributed by atoms with E-state index >= 15 is 0 Å². The van der Waals surface area contributed by atoms with Gasteiger partial charge in [-0.2, -0.15) is 0 Å². The van der Waals surface area contributed by atoms with Gasteiger partial charge in [0.05, 0.1) is 18.8 Å². The Balaban J connectivity index is 2.42. The molecule has 2 atom stereocenters. The maximum Gasteiger partial charge on any atom is 0.220 e. The van der Waals surface area contributed by atoms with Crippen LogP contribution in [-0.2, 0) is 4.79 Å². The first-order valence-electron chi connectivity index (χ1n) is 6.97. The molecule has 1 heterocycles. The van der Waals surface area contributed by atoms with Crippen LogP contribution < -0.4 is 5.32 Å². The van der Waals surface area contributed by atoms with Crippen LogP contribution in [0.1, 0.15) is 37.5 Å². The SMILES string of the molecule is CCCCCC(=O)N[C@@H](CO)[C@H](O)/C=C/c1cccs1. The van der Waals surface area contributed by atoms with Crippen molar-refractivity contribution in [2.24, 2.45) is 0 Å². The number of carbonyl (C=O) groups excluding carboxylic acids is 1. The molecule has 0 aliphatic rings. The van der Waals surface area contributed by atoms with Crippen molar-refractivity contribution in [1.82, 2.24) is 5.32 Å². The first-order valence-corrected chi connectivity index (χ1v) is 7.85. The molecule has 0 unspecified atom stereocenters. The number of aliphatic hydroxyl groups excluding tert-OH is 2. The van der Waals surface area contributed by atoms with Gasteiger partial charge in [0, 0.05) is 11.3 Å². The lowest BCUT2D eigenvalue weighted by atomic mass is 10.1. The summed E-state index contributed by atoms with van der Waals surface area (Å²) >= 11 is 1.56. The lowest BCUT2D eigenvalue weighted by molar-refractivity contribution is -0.123. The zero-order valence-electron chi connectivity index (χ0n) is 11.8. The average molecular weight is 297 g/mol. The van der Waals surface area contributed by atoms with Gasteiger partial charge >= 0.3 is 0 Å². The van der Waals surface area contributed by atoms with Crippen LogP contribution in [0.2, 0.25) is 0 Å². The van der Waals surface area contributed by atoms with Crippen LogP contribution in [0.5, 0.6) is 0 Å². The summed E-state index contributed by atoms with van der Waals surface area (Å²) in [5.41, 5.74) is 0. The van der Waals surface area contributed by atoms with Gasteiger partial charge in [0.2, 0.25) is 5.91 Å². The molecule has 5 heteroatoms. The number of thiophene rings is 1. The molecule has 0 aliphatic carbocycles. The van der Waals surface area contributed by atoms with Crippen molar-refractivity contribution >= 4 is 23.3 Å². The molecule has 1 aromatic heterocycles. The molecule has 4 nitrogen and oxygen atoms in total. The van der Waals surface area contributed by atoms with E-state index < -0.39 is 12.1 Å². The van der Waals surface area contributed by atoms with Gasteiger partial charge in [-0.1, -0.05) is 31.9 Å². The largest absolute Gasteiger partial charge is 0.394 e. The van der Waals surface area contributed by atoms with Crippen LogP contribution in [0.4, 0.5) is 0 Å². The predicted octanol–water partition coefficient (Wildman–Crippen LogP) is 2.18. The lowest BCUT2D eigenvalue weighted by Gasteiger charge is -2.19. The van der Waals surface area contributed by atoms with E-state index in [0.717, 1.165) is 24.1 Å². The smallest absolute Gasteiger partial charge is 0.220 e. The number of carbonyl (C=O) groups is 1. The summed E-state index contributed by atoms with van der Waals surface area (Å²) < 4.78 is 0. The molecule has 0 bridgehead atoms. The number of aliphatic hydroxyl groups is 2. The summed E-state index contributed by atoms with van der Waals surface area (Å²) in [6.07, 6.45) is 5.84. The van der Waals surface area contributed by atoms with Crippen molar-refractivity contribution in [3.05, 3.63) is 28.5 Å². The van der Waals surface area contributed by atoms with Crippen molar-refractivity contribution in [3.63, 3.8) is 0 Å². The molecule has 3 N–H and O–H groups in total. The molecule has 1 amide bonds. The standard InChI is InChI=1S/C15H23NO3S/c1-2-3-4-7-15(19)16-13(11-17)14(18)9-8-12-6-5-10-20-12/h5-6,8-10,13-14,17-18H,2-4,7,11H2,1H3,(H,16,19)/b9-8+/t13-,14+/m0/s1. The Morgan fingerprint density at radius 3 is 2.90 bits per heavy atom. The summed E-state index contributed by atoms with van der Waals surface area (Å²) in [5, 5.41) is 23.9. The quantitative estimate of drug-likeness (QED) is 0.612. The molecule has 0 radical (unpaired) electrons. The fraction of sp³-hybridized carbons (Fsp3) is 0.533. The van der Waals surface area contributed by atoms with Gasteiger partial charge in [-0.05, 0) is 23.9 Å². The molecule has 1 aromatic rings. The molecule has 0 aliphatic heterocycles. The zero-order valence-corrected chi connectivity index (χ0v) is 12.6. The Morgan fingerprint density at radius 2 is 2.30 bits per heavy atom. The third-order valence-corrected chi connectivity index (χ3v) is 3.80. The lowest BCUT2D eigenvalue weighted by Crippen LogP contribution is -2.45. The molecule has 0 saturated heterocycles. The molecule has 0 saturated carbocycles. The number of unbranched alkanes of at least 4 members (excludes halogenated alkanes) is 2. The van der Waals surface area contributed by atoms with E-state index in [9.17, 15) is 15.0 Å². The summed E-state index contributed by atoms with van der Waals surface area (Å²) in [7, 11) is 0. The molecule has 0 spiro atoms. The number of hydrogen-bond acceptors (Lipinski definition) is 4. The minimum atomic E-state index is -0.891. The molecule has 0 aromatic carbocycles. The minimum absolute atomic E-state index is 0.124. The van der Waals surface area contributed by atoms with E-state index in [-0.39, 0.29) is 12.5 Å². The highest BCUT2D eigenvalue weighted by molar-refractivity contribution is 7.10. The maximum absolute atomic E-state index is 11.7. The summed E-state index contributed by atoms with van der Waals surface area (Å²) in [4.78, 5) is 12.7. The van der Waals surface area contributed by atoms with Gasteiger partial charge < -0.3 is 15.5 Å². The van der Waals surface area contributed by atoms with Gasteiger partial charge in [0.1, 0.15) is 0 Å². The highest BCUT2D eigenvalue weighted by atomic mass is 32.1. The second-order valence-corrected chi connectivity index (χ2v) is 5.66. The van der Waals surface area contributed by atoms with Crippen LogP contribution in [0.25, 0.3) is 6.08 Å². The van der Waals surface area contributed by atoms with Gasteiger partial charge in [0.15, 0.2) is 0 Å². The first-order chi connectivity index (χ1) is 9.67. The molecular formula is C15H23NO3S. The maximum atomic E-state index is 11.7. The second kappa shape index (κ2) is 9.69. The third-order valence-electron chi connectivity index (χ3n) is 2.96. The van der Waals surface area contributed by atoms with Crippen LogP contribution >= 0.6 is 11.3 Å². The Labute approximate surface area is 124 Å². The highest BCUT2D eigenvalue weighted by Gasteiger charge is 2.17. The van der Waals surface area contributed by atoms with E-state index in [4.69, 9.17) is 0 Å². The van der Waals surface area contributed by atoms with Crippen molar-refractivity contribution in [2.75, 3.05) is 6.61 Å². The summed E-state index contributed by atoms with van der Waals surface area (Å²) in [6, 6.07) is 3.21. The zero-order chi connectivity index (χ0) is 14.8. The van der Waals surface area contributed by atoms with Gasteiger partial charge in [0.25, 0.3) is 0 Å². The molecular weight excluding hydrogens is 274 g/mol. The van der Waals surface area contributed by atoms with Crippen LogP contribution in [0.15, 0.2) is 23.6 Å². The van der Waals surface area contributed by atoms with E-state index in [2.05, 4.69) is 12.2 Å². The van der Waals surface area contributed by atoms with E-state index in [1.165, 1.54) is 0 Å². The van der Waals surface area contributed by atoms with Crippen molar-refractivity contribution in [3.8, 4) is 0 Å². The van der Waals surface area contributed by atoms with E-state index in [1.807, 2.05) is 17.5 Å². The predicted molar refractivity (Wildman–Crippen MR) is 82.5 cm³/mol. The molecule has 1 rings (SSSR count). The third kappa shape index (κ3) is 6.32. The highest BCUT2D eigenvalue weighted by Crippen LogP contribution is 2.11.